The second-order valence-corrected chi connectivity index (χ2v) is 4.97. The van der Waals surface area contributed by atoms with Gasteiger partial charge in [-0.15, -0.1) is 0 Å². The van der Waals surface area contributed by atoms with E-state index in [2.05, 4.69) is 30.3 Å². The van der Waals surface area contributed by atoms with Gasteiger partial charge in [-0.1, -0.05) is 44.2 Å². The molecule has 0 heterocycles. The van der Waals surface area contributed by atoms with Crippen molar-refractivity contribution >= 4 is 0 Å². The third kappa shape index (κ3) is 4.34. The summed E-state index contributed by atoms with van der Waals surface area (Å²) in [5.41, 5.74) is 0.488. The molecule has 1 aromatic carbocycles. The van der Waals surface area contributed by atoms with Crippen LogP contribution in [0.25, 0.3) is 0 Å². The van der Waals surface area contributed by atoms with Gasteiger partial charge in [0.2, 0.25) is 0 Å². The van der Waals surface area contributed by atoms with Crippen LogP contribution < -0.4 is 5.32 Å². The molecule has 0 bridgehead atoms. The highest BCUT2D eigenvalue weighted by molar-refractivity contribution is 5.31. The molecule has 0 spiro atoms. The highest BCUT2D eigenvalue weighted by atomic mass is 15.1. The molecular weight excluding hydrogens is 234 g/mol. The Morgan fingerprint density at radius 2 is 1.89 bits per heavy atom. The smallest absolute Gasteiger partial charge is 0.133 e. The van der Waals surface area contributed by atoms with Crippen LogP contribution >= 0.6 is 0 Å². The number of nitrogens with zero attached hydrogens (tertiary/aromatic N) is 2. The summed E-state index contributed by atoms with van der Waals surface area (Å²) >= 11 is 0. The fraction of sp³-hybridized carbons (Fsp3) is 0.562. The predicted molar refractivity (Wildman–Crippen MR) is 79.8 cm³/mol. The molecule has 0 saturated carbocycles. The Kier molecular flexibility index (Phi) is 6.55. The molecule has 1 unspecified atom stereocenters. The van der Waals surface area contributed by atoms with Crippen LogP contribution in [0, 0.1) is 11.3 Å². The van der Waals surface area contributed by atoms with E-state index in [1.807, 2.05) is 37.3 Å². The molecule has 1 rings (SSSR count). The van der Waals surface area contributed by atoms with Crippen LogP contribution in [0.5, 0.6) is 0 Å². The van der Waals surface area contributed by atoms with Crippen LogP contribution in [0.4, 0.5) is 0 Å². The van der Waals surface area contributed by atoms with E-state index in [9.17, 15) is 5.26 Å². The second-order valence-electron chi connectivity index (χ2n) is 4.97. The normalized spacial score (nSPS) is 14.1. The van der Waals surface area contributed by atoms with Crippen molar-refractivity contribution in [2.45, 2.75) is 32.2 Å². The average Bonchev–Trinajstić information content (AvgIpc) is 2.45. The molecule has 0 fully saturated rings. The molecule has 3 heteroatoms. The van der Waals surface area contributed by atoms with Gasteiger partial charge in [-0.05, 0) is 38.5 Å². The first-order chi connectivity index (χ1) is 9.18. The Labute approximate surface area is 117 Å². The first-order valence-corrected chi connectivity index (χ1v) is 7.09. The summed E-state index contributed by atoms with van der Waals surface area (Å²) in [6.45, 7) is 7.01. The minimum atomic E-state index is -0.571. The van der Waals surface area contributed by atoms with E-state index in [1.54, 1.807) is 0 Å². The minimum absolute atomic E-state index is 0.571. The quantitative estimate of drug-likeness (QED) is 0.780. The van der Waals surface area contributed by atoms with E-state index in [1.165, 1.54) is 0 Å². The molecule has 3 nitrogen and oxygen atoms in total. The van der Waals surface area contributed by atoms with E-state index >= 15 is 0 Å². The molecule has 0 aliphatic rings. The number of hydrogen-bond acceptors (Lipinski definition) is 3. The van der Waals surface area contributed by atoms with E-state index in [0.717, 1.165) is 38.0 Å². The van der Waals surface area contributed by atoms with Crippen molar-refractivity contribution in [2.75, 3.05) is 26.7 Å². The molecule has 19 heavy (non-hydrogen) atoms. The molecule has 0 amide bonds. The van der Waals surface area contributed by atoms with Crippen LogP contribution in [-0.2, 0) is 5.54 Å². The Morgan fingerprint density at radius 1 is 1.21 bits per heavy atom. The number of nitrogens with one attached hydrogen (secondary N) is 1. The maximum Gasteiger partial charge on any atom is 0.133 e. The number of hydrogen-bond donors (Lipinski definition) is 1. The number of rotatable bonds is 8. The first kappa shape index (κ1) is 15.7. The lowest BCUT2D eigenvalue weighted by molar-refractivity contribution is 0.282. The summed E-state index contributed by atoms with van der Waals surface area (Å²) in [5, 5.41) is 13.0. The zero-order valence-electron chi connectivity index (χ0n) is 12.3. The first-order valence-electron chi connectivity index (χ1n) is 7.09. The molecule has 0 aliphatic carbocycles. The number of benzene rings is 1. The van der Waals surface area contributed by atoms with Crippen LogP contribution in [0.2, 0.25) is 0 Å². The summed E-state index contributed by atoms with van der Waals surface area (Å²) in [7, 11) is 2.11. The predicted octanol–water partition coefficient (Wildman–Crippen LogP) is 2.75. The zero-order chi connectivity index (χ0) is 14.1. The van der Waals surface area contributed by atoms with Crippen molar-refractivity contribution in [3.63, 3.8) is 0 Å². The highest BCUT2D eigenvalue weighted by Crippen LogP contribution is 2.24. The van der Waals surface area contributed by atoms with Gasteiger partial charge >= 0.3 is 0 Å². The molecule has 1 aromatic rings. The van der Waals surface area contributed by atoms with Gasteiger partial charge in [-0.25, -0.2) is 0 Å². The van der Waals surface area contributed by atoms with Crippen molar-refractivity contribution in [3.05, 3.63) is 35.9 Å². The molecule has 0 aliphatic heterocycles. The van der Waals surface area contributed by atoms with Gasteiger partial charge in [0.15, 0.2) is 0 Å². The molecule has 0 radical (unpaired) electrons. The maximum atomic E-state index is 9.67. The van der Waals surface area contributed by atoms with Crippen LogP contribution in [0.3, 0.4) is 0 Å². The molecule has 1 N–H and O–H groups in total. The Hall–Kier alpha value is -1.37. The topological polar surface area (TPSA) is 39.1 Å². The van der Waals surface area contributed by atoms with Gasteiger partial charge in [0.1, 0.15) is 5.54 Å². The Morgan fingerprint density at radius 3 is 2.42 bits per heavy atom. The average molecular weight is 259 g/mol. The molecule has 0 saturated heterocycles. The largest absolute Gasteiger partial charge is 0.306 e. The molecular formula is C16H25N3. The zero-order valence-corrected chi connectivity index (χ0v) is 12.3. The lowest BCUT2D eigenvalue weighted by Gasteiger charge is -2.30. The van der Waals surface area contributed by atoms with Crippen LogP contribution in [0.15, 0.2) is 30.3 Å². The van der Waals surface area contributed by atoms with Crippen molar-refractivity contribution in [1.29, 1.82) is 5.26 Å². The minimum Gasteiger partial charge on any atom is -0.306 e. The van der Waals surface area contributed by atoms with E-state index in [4.69, 9.17) is 0 Å². The van der Waals surface area contributed by atoms with Crippen molar-refractivity contribution in [1.82, 2.24) is 10.2 Å². The highest BCUT2D eigenvalue weighted by Gasteiger charge is 2.30. The monoisotopic (exact) mass is 259 g/mol. The van der Waals surface area contributed by atoms with E-state index in [0.29, 0.717) is 0 Å². The summed E-state index contributed by atoms with van der Waals surface area (Å²) in [5.74, 6) is 0. The van der Waals surface area contributed by atoms with Crippen molar-refractivity contribution in [2.24, 2.45) is 0 Å². The third-order valence-electron chi connectivity index (χ3n) is 3.41. The van der Waals surface area contributed by atoms with Crippen molar-refractivity contribution in [3.8, 4) is 6.07 Å². The van der Waals surface area contributed by atoms with Crippen LogP contribution in [-0.4, -0.2) is 31.6 Å². The van der Waals surface area contributed by atoms with Crippen LogP contribution in [0.1, 0.15) is 32.3 Å². The van der Waals surface area contributed by atoms with Gasteiger partial charge in [-0.3, -0.25) is 5.32 Å². The maximum absolute atomic E-state index is 9.67. The fourth-order valence-electron chi connectivity index (χ4n) is 2.37. The van der Waals surface area contributed by atoms with Gasteiger partial charge < -0.3 is 4.90 Å². The van der Waals surface area contributed by atoms with Gasteiger partial charge in [0, 0.05) is 6.54 Å². The van der Waals surface area contributed by atoms with Gasteiger partial charge in [0.05, 0.1) is 6.07 Å². The van der Waals surface area contributed by atoms with Gasteiger partial charge in [-0.2, -0.15) is 5.26 Å². The standard InChI is InChI=1S/C16H25N3/c1-4-12-19(3)13-11-16(14-17,18-5-2)15-9-7-6-8-10-15/h6-10,18H,4-5,11-13H2,1-3H3. The third-order valence-corrected chi connectivity index (χ3v) is 3.41. The van der Waals surface area contributed by atoms with Crippen molar-refractivity contribution < 1.29 is 0 Å². The number of nitriles is 1. The second kappa shape index (κ2) is 7.93. The molecule has 1 atom stereocenters. The van der Waals surface area contributed by atoms with E-state index < -0.39 is 5.54 Å². The Balaban J connectivity index is 2.85. The van der Waals surface area contributed by atoms with Gasteiger partial charge in [0.25, 0.3) is 0 Å². The SMILES string of the molecule is CCCN(C)CCC(C#N)(NCC)c1ccccc1. The summed E-state index contributed by atoms with van der Waals surface area (Å²) in [6.07, 6.45) is 1.94. The lowest BCUT2D eigenvalue weighted by atomic mass is 9.87. The molecule has 104 valence electrons. The fourth-order valence-corrected chi connectivity index (χ4v) is 2.37. The Bertz CT molecular complexity index is 396. The summed E-state index contributed by atoms with van der Waals surface area (Å²) in [6, 6.07) is 12.5. The molecule has 0 aromatic heterocycles. The summed E-state index contributed by atoms with van der Waals surface area (Å²) < 4.78 is 0. The lowest BCUT2D eigenvalue weighted by Crippen LogP contribution is -2.43. The summed E-state index contributed by atoms with van der Waals surface area (Å²) in [4.78, 5) is 2.28. The van der Waals surface area contributed by atoms with E-state index in [-0.39, 0.29) is 0 Å².